The van der Waals surface area contributed by atoms with Crippen molar-refractivity contribution >= 4 is 41.3 Å². The molecule has 0 bridgehead atoms. The van der Waals surface area contributed by atoms with E-state index in [1.165, 1.54) is 32.6 Å². The summed E-state index contributed by atoms with van der Waals surface area (Å²) in [6.45, 7) is 2.63. The Bertz CT molecular complexity index is 1010. The number of thioether (sulfide) groups is 1. The Labute approximate surface area is 190 Å². The van der Waals surface area contributed by atoms with Crippen molar-refractivity contribution in [2.24, 2.45) is 0 Å². The summed E-state index contributed by atoms with van der Waals surface area (Å²) in [6.07, 6.45) is -0.0931. The van der Waals surface area contributed by atoms with Gasteiger partial charge in [0.25, 0.3) is 0 Å². The van der Waals surface area contributed by atoms with Gasteiger partial charge in [-0.05, 0) is 33.2 Å². The van der Waals surface area contributed by atoms with Crippen LogP contribution in [0.1, 0.15) is 20.1 Å². The molecule has 11 nitrogen and oxygen atoms in total. The smallest absolute Gasteiger partial charge is 0.398 e. The molecule has 32 heavy (non-hydrogen) atoms. The molecule has 13 heteroatoms. The van der Waals surface area contributed by atoms with Gasteiger partial charge in [-0.15, -0.1) is 0 Å². The quantitative estimate of drug-likeness (QED) is 0.349. The summed E-state index contributed by atoms with van der Waals surface area (Å²) < 4.78 is 32.8. The van der Waals surface area contributed by atoms with Crippen molar-refractivity contribution in [1.29, 1.82) is 0 Å². The van der Waals surface area contributed by atoms with Crippen molar-refractivity contribution in [3.63, 3.8) is 0 Å². The minimum absolute atomic E-state index is 0.0383. The molecule has 3 rings (SSSR count). The Kier molecular flexibility index (Phi) is 7.68. The van der Waals surface area contributed by atoms with Gasteiger partial charge in [-0.25, -0.2) is 14.2 Å². The number of anilines is 1. The van der Waals surface area contributed by atoms with Crippen molar-refractivity contribution in [3.8, 4) is 0 Å². The number of nitrogen functional groups attached to an aromatic ring is 1. The standard InChI is InChI=1S/C19H29N4O7PS/c1-12(24)32-10-9-28-31(27,22(3)4)29-11-15-16(25)19(2,26)18(30-15)23-8-6-13-14(20)5-7-21-17(13)23/h5-8,15-16,18,25-26H,9-11H2,1-4H3,(H2,20,21)/t15-,16+,18-,19?,31?/m1/s1. The summed E-state index contributed by atoms with van der Waals surface area (Å²) in [5.41, 5.74) is 5.32. The van der Waals surface area contributed by atoms with Crippen LogP contribution in [0.25, 0.3) is 11.0 Å². The molecule has 0 aromatic carbocycles. The van der Waals surface area contributed by atoms with Crippen LogP contribution in [-0.4, -0.2) is 80.4 Å². The SMILES string of the molecule is CC(=O)SCCOP(=O)(OC[C@H]1O[C@@H](n2ccc3c(N)ccnc32)C(C)(O)[C@H]1O)N(C)C. The average molecular weight is 489 g/mol. The van der Waals surface area contributed by atoms with Crippen LogP contribution in [0.15, 0.2) is 24.5 Å². The van der Waals surface area contributed by atoms with E-state index in [4.69, 9.17) is 19.5 Å². The zero-order valence-electron chi connectivity index (χ0n) is 18.4. The lowest BCUT2D eigenvalue weighted by Crippen LogP contribution is -2.44. The first-order valence-electron chi connectivity index (χ1n) is 9.94. The summed E-state index contributed by atoms with van der Waals surface area (Å²) in [5.74, 6) is 0.326. The Morgan fingerprint density at radius 1 is 1.44 bits per heavy atom. The molecule has 1 fully saturated rings. The number of hydrogen-bond acceptors (Lipinski definition) is 10. The van der Waals surface area contributed by atoms with E-state index in [1.54, 1.807) is 29.1 Å². The van der Waals surface area contributed by atoms with Crippen LogP contribution in [0.4, 0.5) is 5.69 Å². The molecular weight excluding hydrogens is 459 g/mol. The van der Waals surface area contributed by atoms with Gasteiger partial charge in [0, 0.05) is 36.1 Å². The summed E-state index contributed by atoms with van der Waals surface area (Å²) in [4.78, 5) is 15.3. The number of rotatable bonds is 9. The molecule has 0 radical (unpaired) electrons. The van der Waals surface area contributed by atoms with Crippen LogP contribution >= 0.6 is 19.5 Å². The van der Waals surface area contributed by atoms with Gasteiger partial charge in [0.2, 0.25) is 0 Å². The lowest BCUT2D eigenvalue weighted by atomic mass is 9.96. The molecule has 5 atom stereocenters. The van der Waals surface area contributed by atoms with E-state index in [0.29, 0.717) is 22.5 Å². The number of nitrogens with two attached hydrogens (primary N) is 1. The molecule has 3 heterocycles. The number of aliphatic hydroxyl groups is 2. The van der Waals surface area contributed by atoms with E-state index < -0.39 is 31.8 Å². The third-order valence-corrected chi connectivity index (χ3v) is 7.93. The Morgan fingerprint density at radius 2 is 2.16 bits per heavy atom. The van der Waals surface area contributed by atoms with Crippen LogP contribution < -0.4 is 5.73 Å². The maximum atomic E-state index is 13.1. The maximum Gasteiger partial charge on any atom is 0.407 e. The van der Waals surface area contributed by atoms with Crippen LogP contribution in [0.3, 0.4) is 0 Å². The molecule has 0 spiro atoms. The molecule has 178 valence electrons. The first-order chi connectivity index (χ1) is 15.0. The number of fused-ring (bicyclic) bond motifs is 1. The van der Waals surface area contributed by atoms with E-state index in [1.807, 2.05) is 0 Å². The third kappa shape index (κ3) is 5.02. The highest BCUT2D eigenvalue weighted by atomic mass is 32.2. The molecule has 0 saturated carbocycles. The fraction of sp³-hybridized carbons (Fsp3) is 0.579. The van der Waals surface area contributed by atoms with Crippen molar-refractivity contribution in [1.82, 2.24) is 14.2 Å². The van der Waals surface area contributed by atoms with Gasteiger partial charge < -0.3 is 25.3 Å². The van der Waals surface area contributed by atoms with Crippen LogP contribution in [-0.2, 0) is 23.1 Å². The highest BCUT2D eigenvalue weighted by molar-refractivity contribution is 8.13. The average Bonchev–Trinajstić information content (AvgIpc) is 3.24. The van der Waals surface area contributed by atoms with Crippen molar-refractivity contribution in [2.75, 3.05) is 38.8 Å². The zero-order valence-corrected chi connectivity index (χ0v) is 20.1. The van der Waals surface area contributed by atoms with Crippen molar-refractivity contribution in [2.45, 2.75) is 37.9 Å². The highest BCUT2D eigenvalue weighted by Gasteiger charge is 2.54. The fourth-order valence-corrected chi connectivity index (χ4v) is 5.19. The number of nitrogens with zero attached hydrogens (tertiary/aromatic N) is 3. The molecule has 1 aliphatic heterocycles. The number of carbonyl (C=O) groups is 1. The summed E-state index contributed by atoms with van der Waals surface area (Å²) in [6, 6.07) is 3.42. The number of pyridine rings is 1. The molecule has 0 aliphatic carbocycles. The number of aliphatic hydroxyl groups excluding tert-OH is 1. The molecular formula is C19H29N4O7PS. The minimum Gasteiger partial charge on any atom is -0.398 e. The first-order valence-corrected chi connectivity index (χ1v) is 12.4. The number of hydrogen-bond donors (Lipinski definition) is 3. The van der Waals surface area contributed by atoms with E-state index in [0.717, 1.165) is 11.8 Å². The van der Waals surface area contributed by atoms with E-state index in [-0.39, 0.29) is 18.3 Å². The van der Waals surface area contributed by atoms with Gasteiger partial charge in [0.05, 0.1) is 13.2 Å². The topological polar surface area (TPSA) is 149 Å². The fourth-order valence-electron chi connectivity index (χ4n) is 3.42. The largest absolute Gasteiger partial charge is 0.407 e. The normalized spacial score (nSPS) is 27.8. The van der Waals surface area contributed by atoms with Gasteiger partial charge in [0.15, 0.2) is 11.3 Å². The number of carbonyl (C=O) groups excluding carboxylic acids is 1. The van der Waals surface area contributed by atoms with Crippen molar-refractivity contribution in [3.05, 3.63) is 24.5 Å². The second kappa shape index (κ2) is 9.78. The molecule has 1 saturated heterocycles. The van der Waals surface area contributed by atoms with Gasteiger partial charge in [-0.1, -0.05) is 11.8 Å². The summed E-state index contributed by atoms with van der Waals surface area (Å²) in [7, 11) is -0.630. The van der Waals surface area contributed by atoms with Gasteiger partial charge in [-0.3, -0.25) is 13.8 Å². The predicted molar refractivity (Wildman–Crippen MR) is 121 cm³/mol. The van der Waals surface area contributed by atoms with E-state index in [2.05, 4.69) is 4.98 Å². The maximum absolute atomic E-state index is 13.1. The monoisotopic (exact) mass is 488 g/mol. The molecule has 2 unspecified atom stereocenters. The number of aromatic nitrogens is 2. The molecule has 2 aromatic heterocycles. The van der Waals surface area contributed by atoms with Crippen molar-refractivity contribution < 1.29 is 33.4 Å². The highest BCUT2D eigenvalue weighted by Crippen LogP contribution is 2.51. The summed E-state index contributed by atoms with van der Waals surface area (Å²) in [5, 5.41) is 22.3. The van der Waals surface area contributed by atoms with Crippen LogP contribution in [0.5, 0.6) is 0 Å². The zero-order chi connectivity index (χ0) is 23.7. The molecule has 1 aliphatic rings. The molecule has 0 amide bonds. The molecule has 4 N–H and O–H groups in total. The van der Waals surface area contributed by atoms with E-state index in [9.17, 15) is 19.6 Å². The second-order valence-electron chi connectivity index (χ2n) is 7.84. The Balaban J connectivity index is 1.72. The number of ether oxygens (including phenoxy) is 1. The van der Waals surface area contributed by atoms with Crippen LogP contribution in [0.2, 0.25) is 0 Å². The second-order valence-corrected chi connectivity index (χ2v) is 11.4. The van der Waals surface area contributed by atoms with Gasteiger partial charge >= 0.3 is 7.75 Å². The first kappa shape index (κ1) is 25.1. The minimum atomic E-state index is -3.70. The predicted octanol–water partition coefficient (Wildman–Crippen LogP) is 1.61. The Morgan fingerprint density at radius 3 is 2.81 bits per heavy atom. The van der Waals surface area contributed by atoms with Gasteiger partial charge in [-0.2, -0.15) is 0 Å². The van der Waals surface area contributed by atoms with E-state index >= 15 is 0 Å². The van der Waals surface area contributed by atoms with Crippen LogP contribution in [0, 0.1) is 0 Å². The van der Waals surface area contributed by atoms with Gasteiger partial charge in [0.1, 0.15) is 23.5 Å². The molecule has 2 aromatic rings. The lowest BCUT2D eigenvalue weighted by Gasteiger charge is -2.28. The Hall–Kier alpha value is -1.50. The summed E-state index contributed by atoms with van der Waals surface area (Å²) >= 11 is 1.05. The lowest BCUT2D eigenvalue weighted by molar-refractivity contribution is -0.109. The third-order valence-electron chi connectivity index (χ3n) is 5.19.